The van der Waals surface area contributed by atoms with Gasteiger partial charge in [-0.15, -0.1) is 0 Å². The van der Waals surface area contributed by atoms with Crippen molar-refractivity contribution >= 4 is 29.8 Å². The first-order valence-corrected chi connectivity index (χ1v) is 9.59. The highest BCUT2D eigenvalue weighted by Crippen LogP contribution is 2.27. The van der Waals surface area contributed by atoms with E-state index in [1.807, 2.05) is 0 Å². The molecule has 1 amide bonds. The zero-order valence-electron chi connectivity index (χ0n) is 18.4. The predicted octanol–water partition coefficient (Wildman–Crippen LogP) is -0.389. The summed E-state index contributed by atoms with van der Waals surface area (Å²) < 4.78 is 31.2. The van der Waals surface area contributed by atoms with Crippen molar-refractivity contribution in [3.05, 3.63) is 0 Å². The Labute approximate surface area is 179 Å². The van der Waals surface area contributed by atoms with Gasteiger partial charge in [0.1, 0.15) is 0 Å². The molecule has 1 N–H and O–H groups in total. The lowest BCUT2D eigenvalue weighted by Crippen LogP contribution is -2.66. The topological polar surface area (TPSA) is 153 Å². The van der Waals surface area contributed by atoms with Crippen molar-refractivity contribution < 1.29 is 52.4 Å². The molecule has 0 aliphatic carbocycles. The molecule has 6 atom stereocenters. The van der Waals surface area contributed by atoms with Gasteiger partial charge in [-0.2, -0.15) is 0 Å². The van der Waals surface area contributed by atoms with Crippen LogP contribution in [0.5, 0.6) is 0 Å². The van der Waals surface area contributed by atoms with Crippen LogP contribution in [0.25, 0.3) is 0 Å². The van der Waals surface area contributed by atoms with Gasteiger partial charge < -0.3 is 33.7 Å². The molecular formula is C19H29NO11. The normalized spacial score (nSPS) is 26.2. The molecule has 1 fully saturated rings. The lowest BCUT2D eigenvalue weighted by molar-refractivity contribution is -0.272. The summed E-state index contributed by atoms with van der Waals surface area (Å²) >= 11 is 0. The number of esters is 4. The quantitative estimate of drug-likeness (QED) is 0.363. The molecule has 0 unspecified atom stereocenters. The second-order valence-electron chi connectivity index (χ2n) is 6.85. The third-order valence-electron chi connectivity index (χ3n) is 4.23. The number of hydrogen-bond donors (Lipinski definition) is 1. The maximum absolute atomic E-state index is 12.8. The predicted molar refractivity (Wildman–Crippen MR) is 101 cm³/mol. The second-order valence-corrected chi connectivity index (χ2v) is 6.85. The van der Waals surface area contributed by atoms with Crippen LogP contribution in [0.15, 0.2) is 0 Å². The molecule has 1 aliphatic heterocycles. The van der Waals surface area contributed by atoms with Crippen LogP contribution < -0.4 is 5.32 Å². The largest absolute Gasteiger partial charge is 0.466 e. The maximum Gasteiger partial charge on any atom is 0.303 e. The molecule has 0 spiro atoms. The Morgan fingerprint density at radius 2 is 1.48 bits per heavy atom. The number of amides is 1. The lowest BCUT2D eigenvalue weighted by atomic mass is 9.96. The Hall–Kier alpha value is -2.73. The summed E-state index contributed by atoms with van der Waals surface area (Å²) in [6, 6.07) is -0.973. The zero-order valence-corrected chi connectivity index (χ0v) is 18.4. The minimum Gasteiger partial charge on any atom is -0.466 e. The van der Waals surface area contributed by atoms with Gasteiger partial charge in [0.15, 0.2) is 24.6 Å². The van der Waals surface area contributed by atoms with Crippen LogP contribution in [0.1, 0.15) is 41.0 Å². The number of methoxy groups -OCH3 is 1. The molecule has 0 aromatic rings. The van der Waals surface area contributed by atoms with Crippen molar-refractivity contribution in [2.45, 2.75) is 77.8 Å². The molecule has 176 valence electrons. The smallest absolute Gasteiger partial charge is 0.303 e. The van der Waals surface area contributed by atoms with E-state index in [-0.39, 0.29) is 13.0 Å². The highest BCUT2D eigenvalue weighted by atomic mass is 16.7. The fraction of sp³-hybridized carbons (Fsp3) is 0.737. The maximum atomic E-state index is 12.8. The fourth-order valence-electron chi connectivity index (χ4n) is 3.05. The molecule has 1 heterocycles. The molecule has 0 aromatic heterocycles. The van der Waals surface area contributed by atoms with E-state index in [4.69, 9.17) is 28.4 Å². The Kier molecular flexibility index (Phi) is 10.4. The Morgan fingerprint density at radius 3 is 1.97 bits per heavy atom. The number of hydrogen-bond acceptors (Lipinski definition) is 11. The SMILES string of the molecule is CO[C@@H]1O[C@H](C)[C@@H](NC(=O)[C@@H](CCOC(C)=O)OC(C)=O)[C@H](OC(C)=O)[C@@H]1OC(C)=O. The third kappa shape index (κ3) is 8.50. The molecule has 0 bridgehead atoms. The summed E-state index contributed by atoms with van der Waals surface area (Å²) in [6.45, 7) is 6.08. The molecule has 1 aliphatic rings. The Morgan fingerprint density at radius 1 is 0.903 bits per heavy atom. The van der Waals surface area contributed by atoms with E-state index in [2.05, 4.69) is 5.32 Å². The number of carbonyl (C=O) groups is 5. The lowest BCUT2D eigenvalue weighted by Gasteiger charge is -2.44. The third-order valence-corrected chi connectivity index (χ3v) is 4.23. The summed E-state index contributed by atoms with van der Waals surface area (Å²) in [6.07, 6.45) is -5.48. The van der Waals surface area contributed by atoms with Gasteiger partial charge in [-0.1, -0.05) is 0 Å². The molecule has 0 saturated carbocycles. The van der Waals surface area contributed by atoms with Crippen molar-refractivity contribution in [2.75, 3.05) is 13.7 Å². The Balaban J connectivity index is 3.09. The minimum absolute atomic E-state index is 0.0980. The summed E-state index contributed by atoms with van der Waals surface area (Å²) in [5.41, 5.74) is 0. The van der Waals surface area contributed by atoms with Crippen molar-refractivity contribution in [1.29, 1.82) is 0 Å². The van der Waals surface area contributed by atoms with Gasteiger partial charge in [-0.25, -0.2) is 0 Å². The van der Waals surface area contributed by atoms with Crippen molar-refractivity contribution in [3.63, 3.8) is 0 Å². The molecule has 12 heteroatoms. The van der Waals surface area contributed by atoms with Gasteiger partial charge in [0, 0.05) is 41.2 Å². The highest BCUT2D eigenvalue weighted by molar-refractivity contribution is 5.83. The first kappa shape index (κ1) is 26.3. The number of ether oxygens (including phenoxy) is 6. The molecule has 31 heavy (non-hydrogen) atoms. The molecule has 1 rings (SSSR count). The van der Waals surface area contributed by atoms with Crippen LogP contribution in [0.2, 0.25) is 0 Å². The van der Waals surface area contributed by atoms with E-state index in [9.17, 15) is 24.0 Å². The van der Waals surface area contributed by atoms with Gasteiger partial charge >= 0.3 is 23.9 Å². The second kappa shape index (κ2) is 12.2. The average Bonchev–Trinajstić information content (AvgIpc) is 2.64. The monoisotopic (exact) mass is 447 g/mol. The van der Waals surface area contributed by atoms with Gasteiger partial charge in [-0.05, 0) is 6.92 Å². The van der Waals surface area contributed by atoms with Crippen LogP contribution in [-0.4, -0.2) is 80.2 Å². The number of carbonyl (C=O) groups excluding carboxylic acids is 5. The van der Waals surface area contributed by atoms with Crippen LogP contribution in [-0.2, 0) is 52.4 Å². The van der Waals surface area contributed by atoms with Gasteiger partial charge in [0.05, 0.1) is 18.8 Å². The number of rotatable bonds is 9. The first-order valence-electron chi connectivity index (χ1n) is 9.59. The van der Waals surface area contributed by atoms with E-state index < -0.39 is 66.5 Å². The van der Waals surface area contributed by atoms with Crippen molar-refractivity contribution in [3.8, 4) is 0 Å². The van der Waals surface area contributed by atoms with E-state index >= 15 is 0 Å². The highest BCUT2D eigenvalue weighted by Gasteiger charge is 2.49. The summed E-state index contributed by atoms with van der Waals surface area (Å²) in [7, 11) is 1.32. The number of nitrogens with one attached hydrogen (secondary N) is 1. The standard InChI is InChI=1S/C19H29NO11/c1-9-15(20-18(25)14(29-11(3)22)7-8-27-10(2)21)16(30-12(4)23)17(31-13(5)24)19(26-6)28-9/h9,14-17,19H,7-8H2,1-6H3,(H,20,25)/t9-,14-,15-,16+,17+,19-/m1/s1. The Bertz CT molecular complexity index is 680. The zero-order chi connectivity index (χ0) is 23.7. The van der Waals surface area contributed by atoms with E-state index in [0.717, 1.165) is 20.8 Å². The molecule has 1 saturated heterocycles. The molecular weight excluding hydrogens is 418 g/mol. The molecule has 12 nitrogen and oxygen atoms in total. The molecule has 0 radical (unpaired) electrons. The fourth-order valence-corrected chi connectivity index (χ4v) is 3.05. The van der Waals surface area contributed by atoms with Crippen molar-refractivity contribution in [2.24, 2.45) is 0 Å². The van der Waals surface area contributed by atoms with Crippen LogP contribution >= 0.6 is 0 Å². The average molecular weight is 447 g/mol. The minimum atomic E-state index is -1.28. The first-order chi connectivity index (χ1) is 14.5. The van der Waals surface area contributed by atoms with Gasteiger partial charge in [0.2, 0.25) is 0 Å². The summed E-state index contributed by atoms with van der Waals surface area (Å²) in [5, 5.41) is 2.61. The molecule has 0 aromatic carbocycles. The van der Waals surface area contributed by atoms with Crippen molar-refractivity contribution in [1.82, 2.24) is 5.32 Å². The van der Waals surface area contributed by atoms with Crippen LogP contribution in [0.4, 0.5) is 0 Å². The summed E-state index contributed by atoms with van der Waals surface area (Å²) in [5.74, 6) is -3.37. The van der Waals surface area contributed by atoms with E-state index in [0.29, 0.717) is 0 Å². The summed E-state index contributed by atoms with van der Waals surface area (Å²) in [4.78, 5) is 58.4. The van der Waals surface area contributed by atoms with E-state index in [1.54, 1.807) is 6.92 Å². The van der Waals surface area contributed by atoms with Crippen LogP contribution in [0.3, 0.4) is 0 Å². The van der Waals surface area contributed by atoms with Gasteiger partial charge in [-0.3, -0.25) is 24.0 Å². The van der Waals surface area contributed by atoms with E-state index in [1.165, 1.54) is 14.0 Å². The van der Waals surface area contributed by atoms with Crippen LogP contribution in [0, 0.1) is 0 Å². The van der Waals surface area contributed by atoms with Gasteiger partial charge in [0.25, 0.3) is 5.91 Å².